The smallest absolute Gasteiger partial charge is 0.192 e. The third-order valence-corrected chi connectivity index (χ3v) is 5.02. The molecule has 17 heavy (non-hydrogen) atoms. The Kier molecular flexibility index (Phi) is 3.01. The Balaban J connectivity index is 1.80. The highest BCUT2D eigenvalue weighted by Crippen LogP contribution is 2.41. The molecule has 2 aliphatic carbocycles. The highest BCUT2D eigenvalue weighted by molar-refractivity contribution is 5.81. The summed E-state index contributed by atoms with van der Waals surface area (Å²) in [4.78, 5) is 7.13. The first-order valence-corrected chi connectivity index (χ1v) is 7.41. The van der Waals surface area contributed by atoms with Gasteiger partial charge in [0.05, 0.1) is 12.1 Å². The van der Waals surface area contributed by atoms with Crippen molar-refractivity contribution in [1.82, 2.24) is 4.90 Å². The lowest BCUT2D eigenvalue weighted by Gasteiger charge is -2.41. The summed E-state index contributed by atoms with van der Waals surface area (Å²) in [7, 11) is 0. The summed E-state index contributed by atoms with van der Waals surface area (Å²) in [6.07, 6.45) is 13.6. The van der Waals surface area contributed by atoms with Crippen molar-refractivity contribution in [1.29, 1.82) is 0 Å². The predicted octanol–water partition coefficient (Wildman–Crippen LogP) is 2.65. The maximum Gasteiger partial charge on any atom is 0.192 e. The molecule has 2 N–H and O–H groups in total. The lowest BCUT2D eigenvalue weighted by molar-refractivity contribution is 0.140. The molecular formula is C14H25N3. The molecule has 0 unspecified atom stereocenters. The number of nitrogens with two attached hydrogens (primary N) is 1. The first-order valence-electron chi connectivity index (χ1n) is 7.41. The zero-order valence-electron chi connectivity index (χ0n) is 10.8. The van der Waals surface area contributed by atoms with E-state index in [1.54, 1.807) is 0 Å². The van der Waals surface area contributed by atoms with Gasteiger partial charge in [0, 0.05) is 6.04 Å². The van der Waals surface area contributed by atoms with E-state index in [9.17, 15) is 0 Å². The quantitative estimate of drug-likeness (QED) is 0.710. The van der Waals surface area contributed by atoms with E-state index in [2.05, 4.69) is 9.89 Å². The van der Waals surface area contributed by atoms with Gasteiger partial charge in [0.25, 0.3) is 0 Å². The number of nitrogens with zero attached hydrogens (tertiary/aromatic N) is 2. The number of hydrogen-bond donors (Lipinski definition) is 1. The Morgan fingerprint density at radius 2 is 1.65 bits per heavy atom. The van der Waals surface area contributed by atoms with Gasteiger partial charge in [-0.15, -0.1) is 0 Å². The molecule has 0 radical (unpaired) electrons. The third-order valence-electron chi connectivity index (χ3n) is 5.02. The summed E-state index contributed by atoms with van der Waals surface area (Å²) in [5.41, 5.74) is 6.52. The standard InChI is InChI=1S/C14H25N3/c15-13-16-11-14(9-5-6-10-14)17(13)12-7-3-1-2-4-8-12/h12H,1-11H2,(H2,15,16). The average Bonchev–Trinajstić information content (AvgIpc) is 2.81. The Labute approximate surface area is 104 Å². The van der Waals surface area contributed by atoms with Crippen LogP contribution in [0.5, 0.6) is 0 Å². The summed E-state index contributed by atoms with van der Waals surface area (Å²) >= 11 is 0. The first kappa shape index (κ1) is 11.4. The molecule has 2 fully saturated rings. The molecule has 3 nitrogen and oxygen atoms in total. The Morgan fingerprint density at radius 3 is 2.29 bits per heavy atom. The van der Waals surface area contributed by atoms with Crippen LogP contribution in [0, 0.1) is 0 Å². The van der Waals surface area contributed by atoms with Crippen LogP contribution in [0.1, 0.15) is 64.2 Å². The molecular weight excluding hydrogens is 210 g/mol. The van der Waals surface area contributed by atoms with Crippen LogP contribution in [0.15, 0.2) is 4.99 Å². The third kappa shape index (κ3) is 1.94. The summed E-state index contributed by atoms with van der Waals surface area (Å²) in [5, 5.41) is 0. The Hall–Kier alpha value is -0.730. The minimum Gasteiger partial charge on any atom is -0.370 e. The second-order valence-corrected chi connectivity index (χ2v) is 6.12. The summed E-state index contributed by atoms with van der Waals surface area (Å²) in [6.45, 7) is 0.968. The summed E-state index contributed by atoms with van der Waals surface area (Å²) in [6, 6.07) is 0.682. The maximum absolute atomic E-state index is 6.19. The number of hydrogen-bond acceptors (Lipinski definition) is 3. The normalized spacial score (nSPS) is 29.6. The molecule has 0 aromatic carbocycles. The largest absolute Gasteiger partial charge is 0.370 e. The van der Waals surface area contributed by atoms with Crippen LogP contribution >= 0.6 is 0 Å². The van der Waals surface area contributed by atoms with E-state index in [1.165, 1.54) is 64.2 Å². The van der Waals surface area contributed by atoms with Crippen LogP contribution < -0.4 is 5.73 Å². The second kappa shape index (κ2) is 4.51. The summed E-state index contributed by atoms with van der Waals surface area (Å²) in [5.74, 6) is 0.846. The molecule has 1 spiro atoms. The average molecular weight is 235 g/mol. The van der Waals surface area contributed by atoms with Crippen molar-refractivity contribution in [3.63, 3.8) is 0 Å². The lowest BCUT2D eigenvalue weighted by Crippen LogP contribution is -2.54. The van der Waals surface area contributed by atoms with Crippen molar-refractivity contribution in [2.75, 3.05) is 6.54 Å². The van der Waals surface area contributed by atoms with Gasteiger partial charge in [0.1, 0.15) is 0 Å². The van der Waals surface area contributed by atoms with Gasteiger partial charge in [-0.2, -0.15) is 0 Å². The highest BCUT2D eigenvalue weighted by Gasteiger charge is 2.46. The van der Waals surface area contributed by atoms with Crippen LogP contribution in [0.3, 0.4) is 0 Å². The van der Waals surface area contributed by atoms with Gasteiger partial charge in [-0.1, -0.05) is 38.5 Å². The molecule has 96 valence electrons. The molecule has 0 amide bonds. The van der Waals surface area contributed by atoms with E-state index in [1.807, 2.05) is 0 Å². The van der Waals surface area contributed by atoms with Crippen molar-refractivity contribution in [2.24, 2.45) is 10.7 Å². The van der Waals surface area contributed by atoms with Crippen molar-refractivity contribution in [3.05, 3.63) is 0 Å². The molecule has 3 rings (SSSR count). The predicted molar refractivity (Wildman–Crippen MR) is 71.0 cm³/mol. The maximum atomic E-state index is 6.19. The van der Waals surface area contributed by atoms with E-state index >= 15 is 0 Å². The van der Waals surface area contributed by atoms with Gasteiger partial charge in [0.2, 0.25) is 0 Å². The molecule has 0 aromatic rings. The van der Waals surface area contributed by atoms with Gasteiger partial charge in [-0.3, -0.25) is 4.99 Å². The van der Waals surface area contributed by atoms with Gasteiger partial charge < -0.3 is 10.6 Å². The molecule has 0 saturated heterocycles. The van der Waals surface area contributed by atoms with Gasteiger partial charge in [-0.05, 0) is 25.7 Å². The minimum atomic E-state index is 0.332. The van der Waals surface area contributed by atoms with Gasteiger partial charge >= 0.3 is 0 Å². The topological polar surface area (TPSA) is 41.6 Å². The van der Waals surface area contributed by atoms with Crippen molar-refractivity contribution < 1.29 is 0 Å². The molecule has 0 aromatic heterocycles. The first-order chi connectivity index (χ1) is 8.32. The lowest BCUT2D eigenvalue weighted by atomic mass is 9.92. The zero-order chi connectivity index (χ0) is 11.7. The van der Waals surface area contributed by atoms with Gasteiger partial charge in [-0.25, -0.2) is 0 Å². The number of aliphatic imine (C=N–C) groups is 1. The number of guanidine groups is 1. The molecule has 1 aliphatic heterocycles. The molecule has 3 aliphatic rings. The van der Waals surface area contributed by atoms with E-state index in [0.717, 1.165) is 12.5 Å². The molecule has 0 bridgehead atoms. The second-order valence-electron chi connectivity index (χ2n) is 6.12. The van der Waals surface area contributed by atoms with Crippen LogP contribution in [0.4, 0.5) is 0 Å². The van der Waals surface area contributed by atoms with Crippen molar-refractivity contribution in [3.8, 4) is 0 Å². The van der Waals surface area contributed by atoms with E-state index in [0.29, 0.717) is 11.6 Å². The Morgan fingerprint density at radius 1 is 1.00 bits per heavy atom. The molecule has 0 atom stereocenters. The van der Waals surface area contributed by atoms with Crippen LogP contribution in [0.2, 0.25) is 0 Å². The van der Waals surface area contributed by atoms with E-state index < -0.39 is 0 Å². The molecule has 2 saturated carbocycles. The fourth-order valence-electron chi connectivity index (χ4n) is 4.15. The molecule has 1 heterocycles. The van der Waals surface area contributed by atoms with Crippen LogP contribution in [-0.4, -0.2) is 29.0 Å². The van der Waals surface area contributed by atoms with Crippen molar-refractivity contribution in [2.45, 2.75) is 75.8 Å². The zero-order valence-corrected chi connectivity index (χ0v) is 10.8. The Bertz CT molecular complexity index is 297. The van der Waals surface area contributed by atoms with Gasteiger partial charge in [0.15, 0.2) is 5.96 Å². The highest BCUT2D eigenvalue weighted by atomic mass is 15.4. The molecule has 3 heteroatoms. The SMILES string of the molecule is NC1=NCC2(CCCC2)N1C1CCCCCC1. The fourth-order valence-corrected chi connectivity index (χ4v) is 4.15. The van der Waals surface area contributed by atoms with Crippen LogP contribution in [0.25, 0.3) is 0 Å². The monoisotopic (exact) mass is 235 g/mol. The number of rotatable bonds is 1. The minimum absolute atomic E-state index is 0.332. The van der Waals surface area contributed by atoms with E-state index in [4.69, 9.17) is 5.73 Å². The van der Waals surface area contributed by atoms with Crippen molar-refractivity contribution >= 4 is 5.96 Å². The summed E-state index contributed by atoms with van der Waals surface area (Å²) < 4.78 is 0. The fraction of sp³-hybridized carbons (Fsp3) is 0.929. The van der Waals surface area contributed by atoms with E-state index in [-0.39, 0.29) is 0 Å². The van der Waals surface area contributed by atoms with Crippen LogP contribution in [-0.2, 0) is 0 Å².